The van der Waals surface area contributed by atoms with E-state index in [1.165, 1.54) is 30.3 Å². The zero-order valence-electron chi connectivity index (χ0n) is 18.6. The van der Waals surface area contributed by atoms with Crippen molar-refractivity contribution in [1.82, 2.24) is 0 Å². The highest BCUT2D eigenvalue weighted by Crippen LogP contribution is 2.65. The van der Waals surface area contributed by atoms with Gasteiger partial charge in [-0.25, -0.2) is 4.39 Å². The van der Waals surface area contributed by atoms with E-state index in [9.17, 15) is 14.0 Å². The maximum atomic E-state index is 13.5. The predicted octanol–water partition coefficient (Wildman–Crippen LogP) is 7.26. The molecular weight excluding hydrogens is 535 g/mol. The van der Waals surface area contributed by atoms with Crippen LogP contribution in [0, 0.1) is 18.7 Å². The summed E-state index contributed by atoms with van der Waals surface area (Å²) < 4.78 is 12.1. The summed E-state index contributed by atoms with van der Waals surface area (Å²) in [4.78, 5) is 25.9. The molecule has 4 rings (SSSR count). The van der Waals surface area contributed by atoms with Crippen molar-refractivity contribution in [2.75, 3.05) is 23.0 Å². The lowest BCUT2D eigenvalue weighted by Crippen LogP contribution is -2.18. The molecule has 0 spiro atoms. The van der Waals surface area contributed by atoms with Crippen LogP contribution in [0.3, 0.4) is 0 Å². The van der Waals surface area contributed by atoms with Crippen LogP contribution in [0.2, 0.25) is 10.0 Å². The maximum Gasteiger partial charge on any atom is 0.257 e. The Balaban J connectivity index is 1.50. The summed E-state index contributed by atoms with van der Waals surface area (Å²) >= 11 is 24.9. The lowest BCUT2D eigenvalue weighted by Gasteiger charge is -2.12. The molecule has 0 saturated heterocycles. The largest absolute Gasteiger partial charge is 0.388 e. The van der Waals surface area contributed by atoms with Crippen LogP contribution in [-0.2, 0) is 4.79 Å². The molecule has 0 heterocycles. The van der Waals surface area contributed by atoms with Gasteiger partial charge in [0.05, 0.1) is 21.5 Å². The monoisotopic (exact) mass is 553 g/mol. The second-order valence-electron chi connectivity index (χ2n) is 8.22. The van der Waals surface area contributed by atoms with Crippen LogP contribution in [0.4, 0.5) is 21.5 Å². The van der Waals surface area contributed by atoms with E-state index in [-0.39, 0.29) is 15.6 Å². The maximum absolute atomic E-state index is 13.5. The molecule has 10 heteroatoms. The first-order chi connectivity index (χ1) is 16.5. The van der Waals surface area contributed by atoms with Crippen molar-refractivity contribution in [1.29, 1.82) is 0 Å². The fourth-order valence-electron chi connectivity index (χ4n) is 3.92. The summed E-state index contributed by atoms with van der Waals surface area (Å²) in [5.41, 5.74) is 3.50. The van der Waals surface area contributed by atoms with Gasteiger partial charge >= 0.3 is 0 Å². The molecule has 182 valence electrons. The molecule has 1 fully saturated rings. The molecule has 35 heavy (non-hydrogen) atoms. The Kier molecular flexibility index (Phi) is 7.21. The van der Waals surface area contributed by atoms with Crippen molar-refractivity contribution in [2.24, 2.45) is 5.92 Å². The average Bonchev–Trinajstić information content (AvgIpc) is 3.40. The molecule has 3 aromatic rings. The molecule has 2 amide bonds. The van der Waals surface area contributed by atoms with Crippen molar-refractivity contribution in [2.45, 2.75) is 17.2 Å². The SMILES string of the molecule is CNc1ccc(NC(=O)c2cc(NC(=O)C3C(c4ccc(F)c(Cl)c4)C3(Cl)Cl)ccc2Cl)c(C)c1. The summed E-state index contributed by atoms with van der Waals surface area (Å²) in [6.07, 6.45) is 0. The first-order valence-corrected chi connectivity index (χ1v) is 12.1. The van der Waals surface area contributed by atoms with E-state index in [2.05, 4.69) is 16.0 Å². The normalized spacial score (nSPS) is 18.0. The Morgan fingerprint density at radius 1 is 0.914 bits per heavy atom. The number of anilines is 3. The highest BCUT2D eigenvalue weighted by atomic mass is 35.5. The van der Waals surface area contributed by atoms with E-state index in [0.29, 0.717) is 16.9 Å². The third-order valence-corrected chi connectivity index (χ3v) is 7.44. The quantitative estimate of drug-likeness (QED) is 0.281. The number of rotatable bonds is 6. The smallest absolute Gasteiger partial charge is 0.257 e. The van der Waals surface area contributed by atoms with E-state index >= 15 is 0 Å². The topological polar surface area (TPSA) is 70.2 Å². The number of halogens is 5. The van der Waals surface area contributed by atoms with Gasteiger partial charge in [-0.15, -0.1) is 23.2 Å². The summed E-state index contributed by atoms with van der Waals surface area (Å²) in [5.74, 6) is -2.82. The second-order valence-corrected chi connectivity index (χ2v) is 10.5. The van der Waals surface area contributed by atoms with Crippen LogP contribution in [0.5, 0.6) is 0 Å². The zero-order chi connectivity index (χ0) is 25.5. The van der Waals surface area contributed by atoms with Crippen LogP contribution in [0.15, 0.2) is 54.6 Å². The summed E-state index contributed by atoms with van der Waals surface area (Å²) in [5, 5.41) is 8.75. The summed E-state index contributed by atoms with van der Waals surface area (Å²) in [7, 11) is 1.81. The number of nitrogens with one attached hydrogen (secondary N) is 3. The number of carbonyl (C=O) groups excluding carboxylic acids is 2. The minimum Gasteiger partial charge on any atom is -0.388 e. The van der Waals surface area contributed by atoms with Crippen molar-refractivity contribution in [3.8, 4) is 0 Å². The number of carbonyl (C=O) groups is 2. The highest BCUT2D eigenvalue weighted by molar-refractivity contribution is 6.53. The molecule has 0 bridgehead atoms. The van der Waals surface area contributed by atoms with Crippen molar-refractivity contribution >= 4 is 75.3 Å². The van der Waals surface area contributed by atoms with Crippen LogP contribution in [0.25, 0.3) is 0 Å². The molecule has 1 saturated carbocycles. The van der Waals surface area contributed by atoms with Gasteiger partial charge in [-0.2, -0.15) is 0 Å². The second kappa shape index (κ2) is 9.86. The molecule has 2 atom stereocenters. The van der Waals surface area contributed by atoms with Crippen molar-refractivity contribution in [3.63, 3.8) is 0 Å². The van der Waals surface area contributed by atoms with E-state index in [0.717, 1.165) is 11.3 Å². The molecule has 0 radical (unpaired) electrons. The van der Waals surface area contributed by atoms with E-state index in [1.807, 2.05) is 26.1 Å². The van der Waals surface area contributed by atoms with E-state index in [1.54, 1.807) is 12.1 Å². The molecule has 0 aromatic heterocycles. The standard InChI is InChI=1S/C25H20Cl4FN3O2/c1-12-9-14(31-2)5-8-20(12)33-23(34)16-11-15(4-6-17(16)26)32-24(35)22-21(25(22,28)29)13-3-7-19(30)18(27)10-13/h3-11,21-22,31H,1-2H3,(H,32,35)(H,33,34). The Hall–Kier alpha value is -2.51. The fraction of sp³-hybridized carbons (Fsp3) is 0.200. The zero-order valence-corrected chi connectivity index (χ0v) is 21.6. The molecule has 1 aliphatic carbocycles. The Morgan fingerprint density at radius 3 is 2.29 bits per heavy atom. The van der Waals surface area contributed by atoms with Crippen LogP contribution in [0.1, 0.15) is 27.4 Å². The number of amides is 2. The van der Waals surface area contributed by atoms with Gasteiger partial charge in [0.1, 0.15) is 10.2 Å². The Bertz CT molecular complexity index is 1330. The molecule has 2 unspecified atom stereocenters. The average molecular weight is 555 g/mol. The summed E-state index contributed by atoms with van der Waals surface area (Å²) in [6, 6.07) is 14.2. The van der Waals surface area contributed by atoms with Crippen LogP contribution >= 0.6 is 46.4 Å². The highest BCUT2D eigenvalue weighted by Gasteiger charge is 2.67. The van der Waals surface area contributed by atoms with Crippen LogP contribution in [-0.4, -0.2) is 23.2 Å². The molecular formula is C25H20Cl4FN3O2. The first kappa shape index (κ1) is 25.6. The molecule has 3 aromatic carbocycles. The number of hydrogen-bond donors (Lipinski definition) is 3. The first-order valence-electron chi connectivity index (χ1n) is 10.6. The van der Waals surface area contributed by atoms with Crippen molar-refractivity contribution in [3.05, 3.63) is 87.2 Å². The molecule has 5 nitrogen and oxygen atoms in total. The minimum absolute atomic E-state index is 0.0816. The van der Waals surface area contributed by atoms with Gasteiger partial charge in [0.15, 0.2) is 0 Å². The summed E-state index contributed by atoms with van der Waals surface area (Å²) in [6.45, 7) is 1.87. The number of aryl methyl sites for hydroxylation is 1. The lowest BCUT2D eigenvalue weighted by atomic mass is 10.1. The molecule has 1 aliphatic rings. The van der Waals surface area contributed by atoms with Gasteiger partial charge in [-0.1, -0.05) is 29.3 Å². The van der Waals surface area contributed by atoms with Gasteiger partial charge in [0.25, 0.3) is 5.91 Å². The Morgan fingerprint density at radius 2 is 1.63 bits per heavy atom. The molecule has 3 N–H and O–H groups in total. The van der Waals surface area contributed by atoms with E-state index < -0.39 is 33.8 Å². The number of benzene rings is 3. The van der Waals surface area contributed by atoms with Gasteiger partial charge in [0, 0.05) is 30.0 Å². The van der Waals surface area contributed by atoms with Gasteiger partial charge in [-0.05, 0) is 66.6 Å². The van der Waals surface area contributed by atoms with Gasteiger partial charge in [0.2, 0.25) is 5.91 Å². The van der Waals surface area contributed by atoms with Gasteiger partial charge < -0.3 is 16.0 Å². The number of hydrogen-bond acceptors (Lipinski definition) is 3. The molecule has 0 aliphatic heterocycles. The number of alkyl halides is 2. The third-order valence-electron chi connectivity index (χ3n) is 5.88. The van der Waals surface area contributed by atoms with Crippen molar-refractivity contribution < 1.29 is 14.0 Å². The van der Waals surface area contributed by atoms with Crippen LogP contribution < -0.4 is 16.0 Å². The fourth-order valence-corrected chi connectivity index (χ4v) is 5.14. The van der Waals surface area contributed by atoms with E-state index in [4.69, 9.17) is 46.4 Å². The third kappa shape index (κ3) is 5.21. The Labute approximate surface area is 221 Å². The minimum atomic E-state index is -1.38. The predicted molar refractivity (Wildman–Crippen MR) is 141 cm³/mol. The van der Waals surface area contributed by atoms with Gasteiger partial charge in [-0.3, -0.25) is 9.59 Å². The lowest BCUT2D eigenvalue weighted by molar-refractivity contribution is -0.117.